The van der Waals surface area contributed by atoms with E-state index in [0.717, 1.165) is 30.5 Å². The molecule has 12 heteroatoms. The molecular formula is C23H16Cl2F2N6O2. The van der Waals surface area contributed by atoms with Crippen molar-refractivity contribution in [2.75, 3.05) is 16.1 Å². The Kier molecular flexibility index (Phi) is 8.24. The third-order valence-corrected chi connectivity index (χ3v) is 5.04. The van der Waals surface area contributed by atoms with Crippen molar-refractivity contribution in [2.24, 2.45) is 5.10 Å². The maximum Gasteiger partial charge on any atom is 0.257 e. The number of amides is 2. The number of hydrogen-bond acceptors (Lipinski definition) is 6. The minimum Gasteiger partial charge on any atom is -0.322 e. The lowest BCUT2D eigenvalue weighted by Gasteiger charge is -2.14. The van der Waals surface area contributed by atoms with Gasteiger partial charge in [-0.05, 0) is 42.5 Å². The first-order valence-corrected chi connectivity index (χ1v) is 10.5. The highest BCUT2D eigenvalue weighted by molar-refractivity contribution is 6.35. The van der Waals surface area contributed by atoms with Gasteiger partial charge in [-0.15, -0.1) is 0 Å². The Morgan fingerprint density at radius 1 is 1.06 bits per heavy atom. The van der Waals surface area contributed by atoms with Crippen molar-refractivity contribution < 1.29 is 18.4 Å². The Balaban J connectivity index is 1.88. The van der Waals surface area contributed by atoms with Crippen molar-refractivity contribution in [2.45, 2.75) is 0 Å². The van der Waals surface area contributed by atoms with Gasteiger partial charge in [-0.1, -0.05) is 29.8 Å². The molecule has 0 aliphatic rings. The molecule has 0 unspecified atom stereocenters. The van der Waals surface area contributed by atoms with Crippen LogP contribution in [0, 0.1) is 17.0 Å². The molecule has 4 N–H and O–H groups in total. The lowest BCUT2D eigenvalue weighted by atomic mass is 10.0. The van der Waals surface area contributed by atoms with Gasteiger partial charge in [0, 0.05) is 17.3 Å². The van der Waals surface area contributed by atoms with Gasteiger partial charge in [-0.2, -0.15) is 5.10 Å². The molecule has 2 amide bonds. The number of aromatic nitrogens is 1. The summed E-state index contributed by atoms with van der Waals surface area (Å²) in [6.45, 7) is 3.33. The van der Waals surface area contributed by atoms with Crippen LogP contribution < -0.4 is 16.1 Å². The average molecular weight is 517 g/mol. The summed E-state index contributed by atoms with van der Waals surface area (Å²) < 4.78 is 28.8. The molecule has 0 bridgehead atoms. The molecule has 0 radical (unpaired) electrons. The Hall–Kier alpha value is -4.15. The second kappa shape index (κ2) is 11.3. The van der Waals surface area contributed by atoms with E-state index in [1.54, 1.807) is 0 Å². The van der Waals surface area contributed by atoms with E-state index in [9.17, 15) is 14.0 Å². The van der Waals surface area contributed by atoms with E-state index in [-0.39, 0.29) is 43.9 Å². The number of carbonyl (C=O) groups excluding carboxylic acids is 2. The average Bonchev–Trinajstić information content (AvgIpc) is 2.82. The van der Waals surface area contributed by atoms with Gasteiger partial charge < -0.3 is 16.0 Å². The van der Waals surface area contributed by atoms with Crippen LogP contribution in [-0.2, 0) is 4.79 Å². The van der Waals surface area contributed by atoms with Gasteiger partial charge in [0.05, 0.1) is 39.4 Å². The van der Waals surface area contributed by atoms with Gasteiger partial charge >= 0.3 is 0 Å². The Morgan fingerprint density at radius 3 is 2.51 bits per heavy atom. The molecule has 178 valence electrons. The fourth-order valence-electron chi connectivity index (χ4n) is 2.89. The van der Waals surface area contributed by atoms with Gasteiger partial charge in [-0.25, -0.2) is 13.8 Å². The highest BCUT2D eigenvalue weighted by atomic mass is 35.5. The predicted molar refractivity (Wildman–Crippen MR) is 134 cm³/mol. The lowest BCUT2D eigenvalue weighted by molar-refractivity contribution is -0.111. The molecule has 3 aromatic rings. The molecule has 0 saturated heterocycles. The highest BCUT2D eigenvalue weighted by Crippen LogP contribution is 2.34. The maximum atomic E-state index is 15.0. The molecule has 0 fully saturated rings. The molecule has 0 aliphatic carbocycles. The van der Waals surface area contributed by atoms with E-state index in [1.165, 1.54) is 30.6 Å². The largest absolute Gasteiger partial charge is 0.322 e. The van der Waals surface area contributed by atoms with Crippen LogP contribution in [0.2, 0.25) is 10.0 Å². The molecular weight excluding hydrogens is 501 g/mol. The summed E-state index contributed by atoms with van der Waals surface area (Å²) in [4.78, 5) is 28.4. The molecule has 1 heterocycles. The van der Waals surface area contributed by atoms with Crippen LogP contribution in [0.5, 0.6) is 0 Å². The van der Waals surface area contributed by atoms with E-state index in [4.69, 9.17) is 28.6 Å². The zero-order valence-corrected chi connectivity index (χ0v) is 19.2. The molecule has 0 spiro atoms. The smallest absolute Gasteiger partial charge is 0.257 e. The monoisotopic (exact) mass is 516 g/mol. The number of nitrogens with one attached hydrogen (secondary N) is 4. The minimum absolute atomic E-state index is 0.00133. The van der Waals surface area contributed by atoms with Crippen LogP contribution in [0.3, 0.4) is 0 Å². The van der Waals surface area contributed by atoms with Crippen molar-refractivity contribution in [3.8, 4) is 11.1 Å². The second-order valence-electron chi connectivity index (χ2n) is 6.76. The number of rotatable bonds is 8. The summed E-state index contributed by atoms with van der Waals surface area (Å²) in [5, 5.41) is 15.5. The second-order valence-corrected chi connectivity index (χ2v) is 7.57. The predicted octanol–water partition coefficient (Wildman–Crippen LogP) is 5.76. The van der Waals surface area contributed by atoms with E-state index in [2.05, 4.69) is 32.7 Å². The number of hydrazone groups is 1. The Labute approximate surface area is 208 Å². The van der Waals surface area contributed by atoms with Crippen molar-refractivity contribution >= 4 is 64.6 Å². The normalized spacial score (nSPS) is 10.6. The van der Waals surface area contributed by atoms with Crippen molar-refractivity contribution in [1.82, 2.24) is 4.98 Å². The first-order chi connectivity index (χ1) is 16.7. The summed E-state index contributed by atoms with van der Waals surface area (Å²) in [5.41, 5.74) is 2.64. The van der Waals surface area contributed by atoms with Crippen LogP contribution in [0.25, 0.3) is 11.1 Å². The van der Waals surface area contributed by atoms with Crippen molar-refractivity contribution in [3.05, 3.63) is 82.5 Å². The Bertz CT molecular complexity index is 1360. The summed E-state index contributed by atoms with van der Waals surface area (Å²) in [7, 11) is 0. The number of anilines is 3. The van der Waals surface area contributed by atoms with Crippen LogP contribution in [0.1, 0.15) is 10.4 Å². The van der Waals surface area contributed by atoms with E-state index < -0.39 is 23.4 Å². The topological polar surface area (TPSA) is 119 Å². The molecule has 3 rings (SSSR count). The molecule has 0 saturated carbocycles. The fourth-order valence-corrected chi connectivity index (χ4v) is 3.35. The molecule has 2 aromatic carbocycles. The third-order valence-electron chi connectivity index (χ3n) is 4.43. The molecule has 0 atom stereocenters. The van der Waals surface area contributed by atoms with Gasteiger partial charge in [0.25, 0.3) is 5.91 Å². The summed E-state index contributed by atoms with van der Waals surface area (Å²) >= 11 is 12.4. The fraction of sp³-hybridized carbons (Fsp3) is 0. The zero-order chi connectivity index (χ0) is 25.5. The van der Waals surface area contributed by atoms with Gasteiger partial charge in [0.15, 0.2) is 5.82 Å². The number of nitrogens with zero attached hydrogens (tertiary/aromatic N) is 2. The van der Waals surface area contributed by atoms with Gasteiger partial charge in [-0.3, -0.25) is 15.0 Å². The summed E-state index contributed by atoms with van der Waals surface area (Å²) in [6.07, 6.45) is 4.41. The lowest BCUT2D eigenvalue weighted by Crippen LogP contribution is -2.14. The maximum absolute atomic E-state index is 15.0. The number of pyridine rings is 1. The number of benzene rings is 2. The van der Waals surface area contributed by atoms with Crippen molar-refractivity contribution in [3.63, 3.8) is 0 Å². The number of carbonyl (C=O) groups is 2. The Morgan fingerprint density at radius 2 is 1.83 bits per heavy atom. The molecule has 8 nitrogen and oxygen atoms in total. The van der Waals surface area contributed by atoms with Gasteiger partial charge in [0.1, 0.15) is 11.6 Å². The molecule has 35 heavy (non-hydrogen) atoms. The first kappa shape index (κ1) is 25.5. The van der Waals surface area contributed by atoms with Crippen LogP contribution in [0.15, 0.2) is 60.4 Å². The summed E-state index contributed by atoms with van der Waals surface area (Å²) in [5.74, 6) is -2.64. The highest BCUT2D eigenvalue weighted by Gasteiger charge is 2.19. The quantitative estimate of drug-likeness (QED) is 0.173. The molecule has 0 aliphatic heterocycles. The molecule has 1 aromatic heterocycles. The minimum atomic E-state index is -0.833. The van der Waals surface area contributed by atoms with Gasteiger partial charge in [0.2, 0.25) is 5.91 Å². The number of hydrogen-bond donors (Lipinski definition) is 4. The van der Waals surface area contributed by atoms with E-state index >= 15 is 4.39 Å². The zero-order valence-electron chi connectivity index (χ0n) is 17.7. The standard InChI is InChI=1S/C23H16Cl2F2N6O2/c1-2-21(34)32-20-7-12(26)3-4-14(20)15-9-17(24)16(10-19(15)27)23(35)31-13-8-18(25)22(29-11-13)33-30-6-5-28/h2-11,28H,1H2,(H,29,33)(H,31,35)(H,32,34)/b28-5?,30-6-. The third kappa shape index (κ3) is 6.25. The SMILES string of the molecule is C=CC(=O)Nc1cc(F)ccc1-c1cc(Cl)c(C(=O)Nc2cnc(N/N=C\C=N)c(Cl)c2)cc1F. The summed E-state index contributed by atoms with van der Waals surface area (Å²) in [6, 6.07) is 6.90. The first-order valence-electron chi connectivity index (χ1n) is 9.71. The van der Waals surface area contributed by atoms with Crippen LogP contribution in [0.4, 0.5) is 26.0 Å². The van der Waals surface area contributed by atoms with E-state index in [0.29, 0.717) is 0 Å². The van der Waals surface area contributed by atoms with Crippen molar-refractivity contribution in [1.29, 1.82) is 5.41 Å². The van der Waals surface area contributed by atoms with Crippen LogP contribution >= 0.6 is 23.2 Å². The van der Waals surface area contributed by atoms with Crippen LogP contribution in [-0.4, -0.2) is 29.2 Å². The van der Waals surface area contributed by atoms with E-state index in [1.807, 2.05) is 0 Å². The number of halogens is 4.